The van der Waals surface area contributed by atoms with Crippen molar-refractivity contribution in [3.8, 4) is 11.5 Å². The Morgan fingerprint density at radius 2 is 2.00 bits per heavy atom. The summed E-state index contributed by atoms with van der Waals surface area (Å²) in [7, 11) is 0. The molecule has 0 saturated carbocycles. The van der Waals surface area contributed by atoms with Crippen molar-refractivity contribution in [3.63, 3.8) is 0 Å². The summed E-state index contributed by atoms with van der Waals surface area (Å²) in [6, 6.07) is 10.3. The molecular formula is C19H17N3O4. The lowest BCUT2D eigenvalue weighted by Crippen LogP contribution is -2.29. The van der Waals surface area contributed by atoms with Crippen LogP contribution < -0.4 is 20.3 Å². The molecule has 0 bridgehead atoms. The van der Waals surface area contributed by atoms with Crippen LogP contribution >= 0.6 is 0 Å². The number of pyridine rings is 2. The maximum atomic E-state index is 12.7. The monoisotopic (exact) mass is 351 g/mol. The number of hydrogen-bond donors (Lipinski definition) is 1. The zero-order valence-corrected chi connectivity index (χ0v) is 14.2. The van der Waals surface area contributed by atoms with Crippen LogP contribution in [0.3, 0.4) is 0 Å². The molecule has 3 heterocycles. The van der Waals surface area contributed by atoms with Gasteiger partial charge in [0.2, 0.25) is 0 Å². The number of fused-ring (bicyclic) bond motifs is 2. The first-order chi connectivity index (χ1) is 12.7. The van der Waals surface area contributed by atoms with Gasteiger partial charge in [0.15, 0.2) is 11.5 Å². The fourth-order valence-electron chi connectivity index (χ4n) is 2.98. The predicted octanol–water partition coefficient (Wildman–Crippen LogP) is 2.44. The van der Waals surface area contributed by atoms with Crippen molar-refractivity contribution >= 4 is 22.6 Å². The second-order valence-corrected chi connectivity index (χ2v) is 5.84. The van der Waals surface area contributed by atoms with Crippen LogP contribution in [-0.4, -0.2) is 28.7 Å². The standard InChI is InChI=1S/C19H17N3O4/c1-2-22-17-12(4-3-7-20-17)10-14(19(22)24)18(23)21-13-5-6-15-16(11-13)26-9-8-25-15/h3-7,10-11H,2,8-9H2,1H3,(H,21,23). The molecular weight excluding hydrogens is 334 g/mol. The largest absolute Gasteiger partial charge is 0.486 e. The minimum Gasteiger partial charge on any atom is -0.486 e. The molecule has 0 unspecified atom stereocenters. The van der Waals surface area contributed by atoms with E-state index in [9.17, 15) is 9.59 Å². The Balaban J connectivity index is 1.70. The molecule has 132 valence electrons. The smallest absolute Gasteiger partial charge is 0.265 e. The number of amides is 1. The first-order valence-electron chi connectivity index (χ1n) is 8.37. The quantitative estimate of drug-likeness (QED) is 0.784. The maximum Gasteiger partial charge on any atom is 0.265 e. The lowest BCUT2D eigenvalue weighted by molar-refractivity contribution is 0.102. The Kier molecular flexibility index (Phi) is 4.04. The van der Waals surface area contributed by atoms with Crippen molar-refractivity contribution in [1.82, 2.24) is 9.55 Å². The van der Waals surface area contributed by atoms with Gasteiger partial charge in [-0.15, -0.1) is 0 Å². The van der Waals surface area contributed by atoms with Gasteiger partial charge in [0.05, 0.1) is 0 Å². The first-order valence-corrected chi connectivity index (χ1v) is 8.37. The van der Waals surface area contributed by atoms with E-state index in [1.54, 1.807) is 36.5 Å². The summed E-state index contributed by atoms with van der Waals surface area (Å²) in [4.78, 5) is 29.6. The number of rotatable bonds is 3. The molecule has 0 radical (unpaired) electrons. The third kappa shape index (κ3) is 2.77. The second-order valence-electron chi connectivity index (χ2n) is 5.84. The van der Waals surface area contributed by atoms with Gasteiger partial charge in [0.25, 0.3) is 11.5 Å². The van der Waals surface area contributed by atoms with E-state index in [2.05, 4.69) is 10.3 Å². The number of carbonyl (C=O) groups excluding carboxylic acids is 1. The Morgan fingerprint density at radius 3 is 2.81 bits per heavy atom. The van der Waals surface area contributed by atoms with Crippen LogP contribution in [0.4, 0.5) is 5.69 Å². The highest BCUT2D eigenvalue weighted by atomic mass is 16.6. The van der Waals surface area contributed by atoms with Gasteiger partial charge < -0.3 is 14.8 Å². The minimum absolute atomic E-state index is 0.0715. The number of nitrogens with one attached hydrogen (secondary N) is 1. The van der Waals surface area contributed by atoms with Crippen LogP contribution in [0.25, 0.3) is 11.0 Å². The topological polar surface area (TPSA) is 82.5 Å². The van der Waals surface area contributed by atoms with E-state index in [4.69, 9.17) is 9.47 Å². The summed E-state index contributed by atoms with van der Waals surface area (Å²) in [5.41, 5.74) is 0.805. The van der Waals surface area contributed by atoms with Crippen LogP contribution in [0.5, 0.6) is 11.5 Å². The third-order valence-corrected chi connectivity index (χ3v) is 4.21. The fraction of sp³-hybridized carbons (Fsp3) is 0.211. The van der Waals surface area contributed by atoms with Gasteiger partial charge in [0, 0.05) is 29.9 Å². The number of nitrogens with zero attached hydrogens (tertiary/aromatic N) is 2. The van der Waals surface area contributed by atoms with E-state index < -0.39 is 5.91 Å². The van der Waals surface area contributed by atoms with Crippen molar-refractivity contribution in [2.24, 2.45) is 0 Å². The highest BCUT2D eigenvalue weighted by molar-refractivity contribution is 6.05. The third-order valence-electron chi connectivity index (χ3n) is 4.21. The average Bonchev–Trinajstić information content (AvgIpc) is 2.67. The van der Waals surface area contributed by atoms with Crippen LogP contribution in [0, 0.1) is 0 Å². The van der Waals surface area contributed by atoms with Gasteiger partial charge >= 0.3 is 0 Å². The number of carbonyl (C=O) groups is 1. The van der Waals surface area contributed by atoms with Crippen molar-refractivity contribution < 1.29 is 14.3 Å². The summed E-state index contributed by atoms with van der Waals surface area (Å²) < 4.78 is 12.5. The number of aryl methyl sites for hydroxylation is 1. The Bertz CT molecular complexity index is 1060. The normalized spacial score (nSPS) is 12.8. The van der Waals surface area contributed by atoms with E-state index in [1.165, 1.54) is 4.57 Å². The summed E-state index contributed by atoms with van der Waals surface area (Å²) in [5, 5.41) is 3.49. The Hall–Kier alpha value is -3.35. The number of hydrogen-bond acceptors (Lipinski definition) is 5. The highest BCUT2D eigenvalue weighted by Gasteiger charge is 2.17. The van der Waals surface area contributed by atoms with E-state index in [0.717, 1.165) is 5.39 Å². The fourth-order valence-corrected chi connectivity index (χ4v) is 2.98. The van der Waals surface area contributed by atoms with Crippen molar-refractivity contribution in [3.05, 3.63) is 58.5 Å². The van der Waals surface area contributed by atoms with Gasteiger partial charge in [-0.1, -0.05) is 0 Å². The molecule has 0 aliphatic carbocycles. The van der Waals surface area contributed by atoms with Gasteiger partial charge in [0.1, 0.15) is 24.4 Å². The molecule has 4 rings (SSSR count). The molecule has 7 heteroatoms. The predicted molar refractivity (Wildman–Crippen MR) is 97.1 cm³/mol. The molecule has 1 N–H and O–H groups in total. The minimum atomic E-state index is -0.473. The zero-order valence-electron chi connectivity index (χ0n) is 14.2. The first kappa shape index (κ1) is 16.1. The summed E-state index contributed by atoms with van der Waals surface area (Å²) in [6.07, 6.45) is 1.63. The number of benzene rings is 1. The molecule has 0 spiro atoms. The Morgan fingerprint density at radius 1 is 1.19 bits per heavy atom. The number of aromatic nitrogens is 2. The van der Waals surface area contributed by atoms with Crippen LogP contribution in [0.2, 0.25) is 0 Å². The van der Waals surface area contributed by atoms with Crippen LogP contribution in [-0.2, 0) is 6.54 Å². The molecule has 7 nitrogen and oxygen atoms in total. The van der Waals surface area contributed by atoms with Crippen LogP contribution in [0.15, 0.2) is 47.4 Å². The molecule has 26 heavy (non-hydrogen) atoms. The van der Waals surface area contributed by atoms with Crippen LogP contribution in [0.1, 0.15) is 17.3 Å². The van der Waals surface area contributed by atoms with E-state index >= 15 is 0 Å². The van der Waals surface area contributed by atoms with Crippen molar-refractivity contribution in [1.29, 1.82) is 0 Å². The molecule has 1 aliphatic heterocycles. The van der Waals surface area contributed by atoms with Gasteiger partial charge in [-0.3, -0.25) is 14.2 Å². The number of anilines is 1. The summed E-state index contributed by atoms with van der Waals surface area (Å²) in [5.74, 6) is 0.738. The highest BCUT2D eigenvalue weighted by Crippen LogP contribution is 2.32. The van der Waals surface area contributed by atoms with Crippen molar-refractivity contribution in [2.75, 3.05) is 18.5 Å². The van der Waals surface area contributed by atoms with Crippen molar-refractivity contribution in [2.45, 2.75) is 13.5 Å². The Labute approximate surface area is 149 Å². The van der Waals surface area contributed by atoms with Gasteiger partial charge in [-0.25, -0.2) is 4.98 Å². The molecule has 1 aliphatic rings. The second kappa shape index (κ2) is 6.51. The molecule has 0 fully saturated rings. The molecule has 1 aromatic carbocycles. The van der Waals surface area contributed by atoms with E-state index in [-0.39, 0.29) is 11.1 Å². The summed E-state index contributed by atoms with van der Waals surface area (Å²) in [6.45, 7) is 3.24. The average molecular weight is 351 g/mol. The molecule has 2 aromatic heterocycles. The lowest BCUT2D eigenvalue weighted by Gasteiger charge is -2.19. The molecule has 0 saturated heterocycles. The van der Waals surface area contributed by atoms with E-state index in [1.807, 2.05) is 13.0 Å². The van der Waals surface area contributed by atoms with Gasteiger partial charge in [-0.2, -0.15) is 0 Å². The maximum absolute atomic E-state index is 12.7. The van der Waals surface area contributed by atoms with E-state index in [0.29, 0.717) is 42.6 Å². The molecule has 3 aromatic rings. The lowest BCUT2D eigenvalue weighted by atomic mass is 10.1. The zero-order chi connectivity index (χ0) is 18.1. The summed E-state index contributed by atoms with van der Waals surface area (Å²) >= 11 is 0. The number of ether oxygens (including phenoxy) is 2. The molecule has 0 atom stereocenters. The SMILES string of the molecule is CCn1c(=O)c(C(=O)Nc2ccc3c(c2)OCCO3)cc2cccnc21. The molecule has 1 amide bonds. The van der Waals surface area contributed by atoms with Gasteiger partial charge in [-0.05, 0) is 37.3 Å².